The van der Waals surface area contributed by atoms with Crippen LogP contribution in [-0.4, -0.2) is 13.7 Å². The Bertz CT molecular complexity index is 294. The molecule has 2 heteroatoms. The molecule has 0 unspecified atom stereocenters. The Kier molecular flexibility index (Phi) is 3.24. The maximum absolute atomic E-state index is 5.09. The Morgan fingerprint density at radius 2 is 2.07 bits per heavy atom. The van der Waals surface area contributed by atoms with Crippen molar-refractivity contribution in [2.45, 2.75) is 18.8 Å². The molecule has 1 aromatic rings. The summed E-state index contributed by atoms with van der Waals surface area (Å²) in [6.45, 7) is 0.900. The molecule has 0 amide bonds. The van der Waals surface area contributed by atoms with Crippen LogP contribution in [-0.2, 0) is 4.74 Å². The van der Waals surface area contributed by atoms with Crippen LogP contribution in [0.1, 0.15) is 24.3 Å². The van der Waals surface area contributed by atoms with Gasteiger partial charge in [0.05, 0.1) is 0 Å². The van der Waals surface area contributed by atoms with Crippen molar-refractivity contribution >= 4 is 15.9 Å². The standard InChI is InChI=1S/C12H15BrO/c1-14-7-6-10-8-12(10)9-2-4-11(13)5-3-9/h2-5,10,12H,6-8H2,1H3/t10-,12-/m0/s1. The smallest absolute Gasteiger partial charge is 0.0465 e. The number of hydrogen-bond acceptors (Lipinski definition) is 1. The molecular formula is C12H15BrO. The molecule has 0 radical (unpaired) electrons. The lowest BCUT2D eigenvalue weighted by Crippen LogP contribution is -1.91. The van der Waals surface area contributed by atoms with E-state index in [4.69, 9.17) is 4.74 Å². The van der Waals surface area contributed by atoms with Crippen LogP contribution in [0.3, 0.4) is 0 Å². The second kappa shape index (κ2) is 4.45. The van der Waals surface area contributed by atoms with Gasteiger partial charge in [0.2, 0.25) is 0 Å². The summed E-state index contributed by atoms with van der Waals surface area (Å²) in [5.74, 6) is 1.65. The van der Waals surface area contributed by atoms with Crippen molar-refractivity contribution in [3.8, 4) is 0 Å². The lowest BCUT2D eigenvalue weighted by molar-refractivity contribution is 0.189. The summed E-state index contributed by atoms with van der Waals surface area (Å²) in [5.41, 5.74) is 1.48. The molecule has 1 nitrogen and oxygen atoms in total. The number of halogens is 1. The van der Waals surface area contributed by atoms with Gasteiger partial charge in [-0.2, -0.15) is 0 Å². The lowest BCUT2D eigenvalue weighted by atomic mass is 10.1. The highest BCUT2D eigenvalue weighted by Crippen LogP contribution is 2.49. The number of methoxy groups -OCH3 is 1. The number of benzene rings is 1. The van der Waals surface area contributed by atoms with Crippen molar-refractivity contribution in [2.75, 3.05) is 13.7 Å². The van der Waals surface area contributed by atoms with Gasteiger partial charge in [-0.05, 0) is 42.4 Å². The van der Waals surface area contributed by atoms with E-state index in [2.05, 4.69) is 40.2 Å². The zero-order chi connectivity index (χ0) is 9.97. The van der Waals surface area contributed by atoms with Crippen LogP contribution in [0.15, 0.2) is 28.7 Å². The predicted octanol–water partition coefficient (Wildman–Crippen LogP) is 3.59. The largest absolute Gasteiger partial charge is 0.385 e. The molecule has 14 heavy (non-hydrogen) atoms. The zero-order valence-corrected chi connectivity index (χ0v) is 9.96. The Morgan fingerprint density at radius 3 is 2.71 bits per heavy atom. The first-order chi connectivity index (χ1) is 6.81. The Morgan fingerprint density at radius 1 is 1.36 bits per heavy atom. The molecular weight excluding hydrogens is 240 g/mol. The summed E-state index contributed by atoms with van der Waals surface area (Å²) >= 11 is 3.45. The fraction of sp³-hybridized carbons (Fsp3) is 0.500. The summed E-state index contributed by atoms with van der Waals surface area (Å²) in [6.07, 6.45) is 2.54. The summed E-state index contributed by atoms with van der Waals surface area (Å²) in [6, 6.07) is 8.70. The molecule has 0 N–H and O–H groups in total. The van der Waals surface area contributed by atoms with E-state index in [9.17, 15) is 0 Å². The molecule has 1 aliphatic rings. The SMILES string of the molecule is COCC[C@H]1C[C@H]1c1ccc(Br)cc1. The Hall–Kier alpha value is -0.340. The molecule has 1 fully saturated rings. The van der Waals surface area contributed by atoms with E-state index in [0.717, 1.165) is 22.9 Å². The topological polar surface area (TPSA) is 9.23 Å². The van der Waals surface area contributed by atoms with E-state index in [0.29, 0.717) is 0 Å². The molecule has 0 heterocycles. The van der Waals surface area contributed by atoms with Gasteiger partial charge in [0.15, 0.2) is 0 Å². The second-order valence-corrected chi connectivity index (χ2v) is 4.85. The molecule has 2 atom stereocenters. The Balaban J connectivity index is 1.89. The molecule has 0 aliphatic heterocycles. The van der Waals surface area contributed by atoms with Gasteiger partial charge >= 0.3 is 0 Å². The van der Waals surface area contributed by atoms with Gasteiger partial charge in [0.25, 0.3) is 0 Å². The van der Waals surface area contributed by atoms with Crippen LogP contribution < -0.4 is 0 Å². The van der Waals surface area contributed by atoms with Crippen LogP contribution >= 0.6 is 15.9 Å². The minimum Gasteiger partial charge on any atom is -0.385 e. The van der Waals surface area contributed by atoms with E-state index in [1.165, 1.54) is 18.4 Å². The minimum absolute atomic E-state index is 0.790. The predicted molar refractivity (Wildman–Crippen MR) is 61.5 cm³/mol. The maximum Gasteiger partial charge on any atom is 0.0465 e. The van der Waals surface area contributed by atoms with Gasteiger partial charge in [-0.3, -0.25) is 0 Å². The molecule has 2 rings (SSSR count). The fourth-order valence-electron chi connectivity index (χ4n) is 1.95. The monoisotopic (exact) mass is 254 g/mol. The van der Waals surface area contributed by atoms with Gasteiger partial charge in [0, 0.05) is 18.2 Å². The molecule has 0 saturated heterocycles. The number of rotatable bonds is 4. The lowest BCUT2D eigenvalue weighted by Gasteiger charge is -2.00. The van der Waals surface area contributed by atoms with Crippen LogP contribution in [0.5, 0.6) is 0 Å². The average Bonchev–Trinajstić information content (AvgIpc) is 2.95. The van der Waals surface area contributed by atoms with Gasteiger partial charge in [0.1, 0.15) is 0 Å². The van der Waals surface area contributed by atoms with E-state index >= 15 is 0 Å². The molecule has 0 bridgehead atoms. The third kappa shape index (κ3) is 2.37. The van der Waals surface area contributed by atoms with E-state index in [1.54, 1.807) is 7.11 Å². The molecule has 1 aromatic carbocycles. The minimum atomic E-state index is 0.790. The highest BCUT2D eigenvalue weighted by Gasteiger charge is 2.37. The van der Waals surface area contributed by atoms with E-state index in [-0.39, 0.29) is 0 Å². The van der Waals surface area contributed by atoms with Crippen molar-refractivity contribution in [3.05, 3.63) is 34.3 Å². The third-order valence-corrected chi connectivity index (χ3v) is 3.44. The molecule has 1 aliphatic carbocycles. The van der Waals surface area contributed by atoms with Crippen LogP contribution in [0, 0.1) is 5.92 Å². The van der Waals surface area contributed by atoms with Gasteiger partial charge in [-0.15, -0.1) is 0 Å². The molecule has 0 aromatic heterocycles. The molecule has 76 valence electrons. The highest BCUT2D eigenvalue weighted by atomic mass is 79.9. The fourth-order valence-corrected chi connectivity index (χ4v) is 2.22. The number of hydrogen-bond donors (Lipinski definition) is 0. The maximum atomic E-state index is 5.09. The van der Waals surface area contributed by atoms with Crippen molar-refractivity contribution in [3.63, 3.8) is 0 Å². The van der Waals surface area contributed by atoms with Crippen LogP contribution in [0.25, 0.3) is 0 Å². The quantitative estimate of drug-likeness (QED) is 0.798. The van der Waals surface area contributed by atoms with Gasteiger partial charge in [-0.25, -0.2) is 0 Å². The summed E-state index contributed by atoms with van der Waals surface area (Å²) in [7, 11) is 1.77. The first kappa shape index (κ1) is 10.2. The Labute approximate surface area is 93.6 Å². The van der Waals surface area contributed by atoms with E-state index < -0.39 is 0 Å². The number of ether oxygens (including phenoxy) is 1. The zero-order valence-electron chi connectivity index (χ0n) is 8.37. The van der Waals surface area contributed by atoms with Gasteiger partial charge < -0.3 is 4.74 Å². The van der Waals surface area contributed by atoms with Crippen LogP contribution in [0.4, 0.5) is 0 Å². The first-order valence-corrected chi connectivity index (χ1v) is 5.85. The molecule has 1 saturated carbocycles. The van der Waals surface area contributed by atoms with Crippen molar-refractivity contribution in [2.24, 2.45) is 5.92 Å². The second-order valence-electron chi connectivity index (χ2n) is 3.94. The summed E-state index contributed by atoms with van der Waals surface area (Å²) < 4.78 is 6.25. The highest BCUT2D eigenvalue weighted by molar-refractivity contribution is 9.10. The van der Waals surface area contributed by atoms with Crippen molar-refractivity contribution in [1.29, 1.82) is 0 Å². The third-order valence-electron chi connectivity index (χ3n) is 2.91. The van der Waals surface area contributed by atoms with E-state index in [1.807, 2.05) is 0 Å². The van der Waals surface area contributed by atoms with Crippen molar-refractivity contribution < 1.29 is 4.74 Å². The summed E-state index contributed by atoms with van der Waals surface area (Å²) in [5, 5.41) is 0. The first-order valence-electron chi connectivity index (χ1n) is 5.05. The van der Waals surface area contributed by atoms with Gasteiger partial charge in [-0.1, -0.05) is 28.1 Å². The average molecular weight is 255 g/mol. The van der Waals surface area contributed by atoms with Crippen molar-refractivity contribution in [1.82, 2.24) is 0 Å². The molecule has 0 spiro atoms. The van der Waals surface area contributed by atoms with Crippen LogP contribution in [0.2, 0.25) is 0 Å². The normalized spacial score (nSPS) is 25.0. The summed E-state index contributed by atoms with van der Waals surface area (Å²) in [4.78, 5) is 0.